The Balaban J connectivity index is 2.03. The fourth-order valence-corrected chi connectivity index (χ4v) is 3.13. The van der Waals surface area contributed by atoms with Crippen molar-refractivity contribution in [1.29, 1.82) is 0 Å². The summed E-state index contributed by atoms with van der Waals surface area (Å²) < 4.78 is 0. The number of nitrogen functional groups attached to an aromatic ring is 2. The monoisotopic (exact) mass is 231 g/mol. The van der Waals surface area contributed by atoms with Gasteiger partial charge in [-0.05, 0) is 36.5 Å². The molecule has 5 N–H and O–H groups in total. The molecule has 90 valence electrons. The number of fused-ring (bicyclic) bond motifs is 1. The topological polar surface area (TPSA) is 81.1 Å². The molecular weight excluding hydrogens is 214 g/mol. The van der Waals surface area contributed by atoms with E-state index in [0.717, 1.165) is 24.1 Å². The Morgan fingerprint density at radius 1 is 1.12 bits per heavy atom. The number of hydrogen-bond donors (Lipinski definition) is 3. The molecule has 1 aliphatic carbocycles. The van der Waals surface area contributed by atoms with Crippen LogP contribution in [0.3, 0.4) is 0 Å². The lowest BCUT2D eigenvalue weighted by molar-refractivity contribution is -0.118. The Kier molecular flexibility index (Phi) is 2.24. The van der Waals surface area contributed by atoms with Crippen LogP contribution in [0.1, 0.15) is 37.2 Å². The average Bonchev–Trinajstić information content (AvgIpc) is 2.86. The molecule has 1 fully saturated rings. The Morgan fingerprint density at radius 2 is 1.76 bits per heavy atom. The smallest absolute Gasteiger partial charge is 0.232 e. The van der Waals surface area contributed by atoms with E-state index in [2.05, 4.69) is 5.32 Å². The zero-order valence-electron chi connectivity index (χ0n) is 9.70. The molecule has 1 amide bonds. The van der Waals surface area contributed by atoms with E-state index in [1.807, 2.05) is 6.07 Å². The van der Waals surface area contributed by atoms with Crippen LogP contribution >= 0.6 is 0 Å². The minimum atomic E-state index is -0.0181. The molecule has 0 radical (unpaired) electrons. The molecule has 1 atom stereocenters. The molecule has 4 heteroatoms. The maximum atomic E-state index is 12.0. The van der Waals surface area contributed by atoms with E-state index in [0.29, 0.717) is 17.3 Å². The third kappa shape index (κ3) is 1.55. The number of nitrogens with one attached hydrogen (secondary N) is 1. The van der Waals surface area contributed by atoms with E-state index in [-0.39, 0.29) is 11.8 Å². The van der Waals surface area contributed by atoms with Crippen LogP contribution in [0.25, 0.3) is 0 Å². The highest BCUT2D eigenvalue weighted by atomic mass is 16.2. The van der Waals surface area contributed by atoms with Gasteiger partial charge in [-0.3, -0.25) is 4.79 Å². The molecule has 0 aromatic heterocycles. The Morgan fingerprint density at radius 3 is 2.47 bits per heavy atom. The van der Waals surface area contributed by atoms with Gasteiger partial charge in [0.2, 0.25) is 5.91 Å². The van der Waals surface area contributed by atoms with Crippen molar-refractivity contribution in [2.75, 3.05) is 16.8 Å². The first kappa shape index (κ1) is 10.4. The molecule has 2 aliphatic rings. The number of hydrogen-bond acceptors (Lipinski definition) is 3. The van der Waals surface area contributed by atoms with Gasteiger partial charge in [0.15, 0.2) is 0 Å². The number of amides is 1. The highest BCUT2D eigenvalue weighted by Crippen LogP contribution is 2.45. The molecule has 4 nitrogen and oxygen atoms in total. The van der Waals surface area contributed by atoms with Crippen molar-refractivity contribution in [1.82, 2.24) is 0 Å². The molecule has 0 bridgehead atoms. The summed E-state index contributed by atoms with van der Waals surface area (Å²) in [6.45, 7) is 0. The lowest BCUT2D eigenvalue weighted by Gasteiger charge is -2.16. The van der Waals surface area contributed by atoms with Crippen LogP contribution in [-0.2, 0) is 4.79 Å². The summed E-state index contributed by atoms with van der Waals surface area (Å²) in [5, 5.41) is 2.92. The molecule has 1 saturated carbocycles. The average molecular weight is 231 g/mol. The molecule has 1 aromatic rings. The molecule has 1 aliphatic heterocycles. The van der Waals surface area contributed by atoms with Crippen LogP contribution in [0.4, 0.5) is 17.1 Å². The lowest BCUT2D eigenvalue weighted by Crippen LogP contribution is -2.18. The SMILES string of the molecule is Nc1cc2c(cc1N)C(C1CCCC1)C(=O)N2. The van der Waals surface area contributed by atoms with E-state index >= 15 is 0 Å². The van der Waals surface area contributed by atoms with E-state index in [4.69, 9.17) is 11.5 Å². The second-order valence-electron chi connectivity index (χ2n) is 5.08. The fourth-order valence-electron chi connectivity index (χ4n) is 3.13. The van der Waals surface area contributed by atoms with Gasteiger partial charge in [-0.25, -0.2) is 0 Å². The van der Waals surface area contributed by atoms with Crippen molar-refractivity contribution in [2.45, 2.75) is 31.6 Å². The normalized spacial score (nSPS) is 23.8. The summed E-state index contributed by atoms with van der Waals surface area (Å²) in [6, 6.07) is 3.64. The van der Waals surface area contributed by atoms with Crippen LogP contribution in [0.5, 0.6) is 0 Å². The van der Waals surface area contributed by atoms with E-state index in [9.17, 15) is 4.79 Å². The summed E-state index contributed by atoms with van der Waals surface area (Å²) in [7, 11) is 0. The van der Waals surface area contributed by atoms with E-state index in [1.165, 1.54) is 12.8 Å². The largest absolute Gasteiger partial charge is 0.397 e. The quantitative estimate of drug-likeness (QED) is 0.647. The van der Waals surface area contributed by atoms with Gasteiger partial charge in [0.25, 0.3) is 0 Å². The molecule has 1 unspecified atom stereocenters. The van der Waals surface area contributed by atoms with Gasteiger partial charge in [-0.1, -0.05) is 12.8 Å². The van der Waals surface area contributed by atoms with Crippen LogP contribution < -0.4 is 16.8 Å². The summed E-state index contributed by atoms with van der Waals surface area (Å²) >= 11 is 0. The van der Waals surface area contributed by atoms with E-state index in [1.54, 1.807) is 6.07 Å². The molecule has 1 heterocycles. The van der Waals surface area contributed by atoms with Gasteiger partial charge in [-0.2, -0.15) is 0 Å². The number of nitrogens with two attached hydrogens (primary N) is 2. The first-order valence-electron chi connectivity index (χ1n) is 6.16. The van der Waals surface area contributed by atoms with Crippen molar-refractivity contribution in [3.8, 4) is 0 Å². The third-order valence-electron chi connectivity index (χ3n) is 4.00. The van der Waals surface area contributed by atoms with Crippen molar-refractivity contribution in [2.24, 2.45) is 5.92 Å². The molecule has 0 spiro atoms. The first-order chi connectivity index (χ1) is 8.16. The van der Waals surface area contributed by atoms with Gasteiger partial charge in [0.1, 0.15) is 0 Å². The Hall–Kier alpha value is -1.71. The molecular formula is C13H17N3O. The fraction of sp³-hybridized carbons (Fsp3) is 0.462. The standard InChI is InChI=1S/C13H17N3O/c14-9-5-8-11(6-10(9)15)16-13(17)12(8)7-3-1-2-4-7/h5-7,12H,1-4,14-15H2,(H,16,17). The zero-order chi connectivity index (χ0) is 12.0. The number of rotatable bonds is 1. The van der Waals surface area contributed by atoms with Crippen molar-refractivity contribution in [3.05, 3.63) is 17.7 Å². The minimum absolute atomic E-state index is 0.0181. The maximum absolute atomic E-state index is 12.0. The number of anilines is 3. The Bertz CT molecular complexity index is 478. The second-order valence-corrected chi connectivity index (χ2v) is 5.08. The summed E-state index contributed by atoms with van der Waals surface area (Å²) in [5.41, 5.74) is 14.6. The van der Waals surface area contributed by atoms with Gasteiger partial charge in [-0.15, -0.1) is 0 Å². The van der Waals surface area contributed by atoms with Crippen LogP contribution in [-0.4, -0.2) is 5.91 Å². The Labute approximate surface area is 100 Å². The molecule has 0 saturated heterocycles. The van der Waals surface area contributed by atoms with Crippen LogP contribution in [0.15, 0.2) is 12.1 Å². The highest BCUT2D eigenvalue weighted by Gasteiger charge is 2.38. The van der Waals surface area contributed by atoms with Crippen LogP contribution in [0, 0.1) is 5.92 Å². The van der Waals surface area contributed by atoms with Gasteiger partial charge in [0, 0.05) is 5.69 Å². The molecule has 17 heavy (non-hydrogen) atoms. The second kappa shape index (κ2) is 3.65. The van der Waals surface area contributed by atoms with Crippen molar-refractivity contribution < 1.29 is 4.79 Å². The number of carbonyl (C=O) groups excluding carboxylic acids is 1. The predicted molar refractivity (Wildman–Crippen MR) is 68.6 cm³/mol. The number of carbonyl (C=O) groups is 1. The van der Waals surface area contributed by atoms with Crippen molar-refractivity contribution in [3.63, 3.8) is 0 Å². The van der Waals surface area contributed by atoms with Gasteiger partial charge in [0.05, 0.1) is 17.3 Å². The van der Waals surface area contributed by atoms with Crippen molar-refractivity contribution >= 4 is 23.0 Å². The highest BCUT2D eigenvalue weighted by molar-refractivity contribution is 6.04. The molecule has 3 rings (SSSR count). The van der Waals surface area contributed by atoms with Gasteiger partial charge < -0.3 is 16.8 Å². The lowest BCUT2D eigenvalue weighted by atomic mass is 9.85. The first-order valence-corrected chi connectivity index (χ1v) is 6.16. The minimum Gasteiger partial charge on any atom is -0.397 e. The predicted octanol–water partition coefficient (Wildman–Crippen LogP) is 2.08. The van der Waals surface area contributed by atoms with Gasteiger partial charge >= 0.3 is 0 Å². The summed E-state index contributed by atoms with van der Waals surface area (Å²) in [5.74, 6) is 0.562. The maximum Gasteiger partial charge on any atom is 0.232 e. The summed E-state index contributed by atoms with van der Waals surface area (Å²) in [4.78, 5) is 12.0. The van der Waals surface area contributed by atoms with E-state index < -0.39 is 0 Å². The zero-order valence-corrected chi connectivity index (χ0v) is 9.70. The summed E-state index contributed by atoms with van der Waals surface area (Å²) in [6.07, 6.45) is 4.74. The third-order valence-corrected chi connectivity index (χ3v) is 4.00. The van der Waals surface area contributed by atoms with Crippen LogP contribution in [0.2, 0.25) is 0 Å². The number of benzene rings is 1. The molecule has 1 aromatic carbocycles.